The number of guanidine groups is 1. The lowest BCUT2D eigenvalue weighted by molar-refractivity contribution is 0.373. The van der Waals surface area contributed by atoms with Gasteiger partial charge in [0.25, 0.3) is 0 Å². The van der Waals surface area contributed by atoms with Crippen molar-refractivity contribution in [3.63, 3.8) is 0 Å². The van der Waals surface area contributed by atoms with Gasteiger partial charge in [-0.3, -0.25) is 0 Å². The van der Waals surface area contributed by atoms with Crippen molar-refractivity contribution in [2.24, 2.45) is 4.99 Å². The summed E-state index contributed by atoms with van der Waals surface area (Å²) in [4.78, 5) is 4.41. The zero-order valence-electron chi connectivity index (χ0n) is 11.4. The Morgan fingerprint density at radius 1 is 1.47 bits per heavy atom. The Bertz CT molecular complexity index is 444. The molecule has 0 fully saturated rings. The quantitative estimate of drug-likeness (QED) is 0.415. The molecule has 0 aromatic heterocycles. The Balaban J connectivity index is 2.70. The number of phenols is 1. The number of hydrogen-bond donors (Lipinski definition) is 3. The zero-order valence-corrected chi connectivity index (χ0v) is 11.4. The maximum atomic E-state index is 9.68. The molecule has 1 aromatic rings. The second kappa shape index (κ2) is 8.02. The van der Waals surface area contributed by atoms with Crippen LogP contribution in [-0.2, 0) is 6.54 Å². The third-order valence-corrected chi connectivity index (χ3v) is 2.42. The van der Waals surface area contributed by atoms with E-state index in [-0.39, 0.29) is 5.75 Å². The van der Waals surface area contributed by atoms with Crippen LogP contribution >= 0.6 is 0 Å². The molecular weight excluding hydrogens is 242 g/mol. The van der Waals surface area contributed by atoms with E-state index >= 15 is 0 Å². The van der Waals surface area contributed by atoms with Crippen LogP contribution in [0.15, 0.2) is 35.8 Å². The number of nitrogens with zero attached hydrogens (tertiary/aromatic N) is 1. The second-order valence-corrected chi connectivity index (χ2v) is 3.87. The molecule has 0 aliphatic heterocycles. The lowest BCUT2D eigenvalue weighted by atomic mass is 10.2. The molecule has 0 atom stereocenters. The zero-order chi connectivity index (χ0) is 14.1. The van der Waals surface area contributed by atoms with E-state index in [2.05, 4.69) is 22.2 Å². The number of rotatable bonds is 6. The van der Waals surface area contributed by atoms with Crippen LogP contribution in [0.4, 0.5) is 0 Å². The predicted octanol–water partition coefficient (Wildman–Crippen LogP) is 1.64. The number of aliphatic imine (C=N–C) groups is 1. The van der Waals surface area contributed by atoms with Gasteiger partial charge in [-0.1, -0.05) is 12.1 Å². The number of hydrogen-bond acceptors (Lipinski definition) is 3. The number of phenolic OH excluding ortho intramolecular Hbond substituents is 1. The first-order valence-corrected chi connectivity index (χ1v) is 6.20. The molecular formula is C14H21N3O2. The Kier molecular flexibility index (Phi) is 6.29. The Hall–Kier alpha value is -2.17. The standard InChI is InChI=1S/C14H21N3O2/c1-4-8-16-14(15-5-2)17-10-11-6-7-13(19-3)12(18)9-11/h4,6-7,9,18H,1,5,8,10H2,2-3H3,(H2,15,16,17). The number of nitrogens with one attached hydrogen (secondary N) is 2. The van der Waals surface area contributed by atoms with Gasteiger partial charge in [-0.15, -0.1) is 6.58 Å². The molecule has 1 rings (SSSR count). The van der Waals surface area contributed by atoms with Gasteiger partial charge in [0.1, 0.15) is 0 Å². The summed E-state index contributed by atoms with van der Waals surface area (Å²) in [6.45, 7) is 7.57. The summed E-state index contributed by atoms with van der Waals surface area (Å²) in [6, 6.07) is 5.25. The van der Waals surface area contributed by atoms with E-state index in [4.69, 9.17) is 4.74 Å². The third-order valence-electron chi connectivity index (χ3n) is 2.42. The summed E-state index contributed by atoms with van der Waals surface area (Å²) in [6.07, 6.45) is 1.77. The van der Waals surface area contributed by atoms with E-state index in [9.17, 15) is 5.11 Å². The van der Waals surface area contributed by atoms with Crippen molar-refractivity contribution in [3.05, 3.63) is 36.4 Å². The van der Waals surface area contributed by atoms with Crippen LogP contribution < -0.4 is 15.4 Å². The topological polar surface area (TPSA) is 65.9 Å². The summed E-state index contributed by atoms with van der Waals surface area (Å²) in [5, 5.41) is 15.9. The van der Waals surface area contributed by atoms with Gasteiger partial charge in [0, 0.05) is 13.1 Å². The molecule has 0 spiro atoms. The van der Waals surface area contributed by atoms with E-state index in [0.717, 1.165) is 18.1 Å². The third kappa shape index (κ3) is 4.91. The van der Waals surface area contributed by atoms with Gasteiger partial charge >= 0.3 is 0 Å². The minimum atomic E-state index is 0.124. The summed E-state index contributed by atoms with van der Waals surface area (Å²) >= 11 is 0. The van der Waals surface area contributed by atoms with Crippen molar-refractivity contribution in [1.82, 2.24) is 10.6 Å². The largest absolute Gasteiger partial charge is 0.504 e. The molecule has 5 nitrogen and oxygen atoms in total. The SMILES string of the molecule is C=CCNC(=NCc1ccc(OC)c(O)c1)NCC. The highest BCUT2D eigenvalue weighted by Crippen LogP contribution is 2.26. The number of methoxy groups -OCH3 is 1. The molecule has 3 N–H and O–H groups in total. The highest BCUT2D eigenvalue weighted by Gasteiger charge is 2.02. The van der Waals surface area contributed by atoms with E-state index in [1.165, 1.54) is 7.11 Å². The van der Waals surface area contributed by atoms with Crippen molar-refractivity contribution < 1.29 is 9.84 Å². The fourth-order valence-electron chi connectivity index (χ4n) is 1.51. The van der Waals surface area contributed by atoms with Gasteiger partial charge < -0.3 is 20.5 Å². The van der Waals surface area contributed by atoms with Gasteiger partial charge in [0.15, 0.2) is 17.5 Å². The first kappa shape index (κ1) is 14.9. The molecule has 0 aliphatic rings. The Morgan fingerprint density at radius 3 is 2.84 bits per heavy atom. The van der Waals surface area contributed by atoms with Crippen LogP contribution in [0.3, 0.4) is 0 Å². The summed E-state index contributed by atoms with van der Waals surface area (Å²) < 4.78 is 5.00. The molecule has 0 radical (unpaired) electrons. The van der Waals surface area contributed by atoms with Crippen LogP contribution in [0, 0.1) is 0 Å². The maximum absolute atomic E-state index is 9.68. The van der Waals surface area contributed by atoms with Crippen LogP contribution in [-0.4, -0.2) is 31.3 Å². The number of benzene rings is 1. The van der Waals surface area contributed by atoms with Gasteiger partial charge in [0.2, 0.25) is 0 Å². The van der Waals surface area contributed by atoms with Crippen LogP contribution in [0.2, 0.25) is 0 Å². The predicted molar refractivity (Wildman–Crippen MR) is 77.7 cm³/mol. The minimum absolute atomic E-state index is 0.124. The highest BCUT2D eigenvalue weighted by molar-refractivity contribution is 5.79. The molecule has 0 heterocycles. The van der Waals surface area contributed by atoms with Crippen molar-refractivity contribution in [2.75, 3.05) is 20.2 Å². The van der Waals surface area contributed by atoms with Gasteiger partial charge in [-0.25, -0.2) is 4.99 Å². The highest BCUT2D eigenvalue weighted by atomic mass is 16.5. The van der Waals surface area contributed by atoms with Gasteiger partial charge in [-0.05, 0) is 24.6 Å². The molecule has 0 unspecified atom stereocenters. The van der Waals surface area contributed by atoms with Gasteiger partial charge in [-0.2, -0.15) is 0 Å². The Morgan fingerprint density at radius 2 is 2.26 bits per heavy atom. The van der Waals surface area contributed by atoms with Crippen molar-refractivity contribution in [2.45, 2.75) is 13.5 Å². The molecule has 19 heavy (non-hydrogen) atoms. The fraction of sp³-hybridized carbons (Fsp3) is 0.357. The van der Waals surface area contributed by atoms with Crippen LogP contribution in [0.5, 0.6) is 11.5 Å². The van der Waals surface area contributed by atoms with E-state index in [1.807, 2.05) is 13.0 Å². The molecule has 104 valence electrons. The fourth-order valence-corrected chi connectivity index (χ4v) is 1.51. The molecule has 0 aliphatic carbocycles. The molecule has 0 saturated carbocycles. The Labute approximate surface area is 114 Å². The first-order valence-electron chi connectivity index (χ1n) is 6.20. The summed E-state index contributed by atoms with van der Waals surface area (Å²) in [5.74, 6) is 1.31. The van der Waals surface area contributed by atoms with Crippen LogP contribution in [0.1, 0.15) is 12.5 Å². The lowest BCUT2D eigenvalue weighted by Crippen LogP contribution is -2.37. The van der Waals surface area contributed by atoms with Crippen LogP contribution in [0.25, 0.3) is 0 Å². The normalized spacial score (nSPS) is 10.9. The van der Waals surface area contributed by atoms with Crippen molar-refractivity contribution in [1.29, 1.82) is 0 Å². The molecule has 5 heteroatoms. The average Bonchev–Trinajstić information content (AvgIpc) is 2.42. The molecule has 0 amide bonds. The second-order valence-electron chi connectivity index (χ2n) is 3.87. The molecule has 1 aromatic carbocycles. The average molecular weight is 263 g/mol. The number of ether oxygens (including phenoxy) is 1. The lowest BCUT2D eigenvalue weighted by Gasteiger charge is -2.10. The summed E-state index contributed by atoms with van der Waals surface area (Å²) in [7, 11) is 1.52. The van der Waals surface area contributed by atoms with Crippen molar-refractivity contribution >= 4 is 5.96 Å². The minimum Gasteiger partial charge on any atom is -0.504 e. The molecule has 0 bridgehead atoms. The molecule has 0 saturated heterocycles. The maximum Gasteiger partial charge on any atom is 0.191 e. The number of aromatic hydroxyl groups is 1. The van der Waals surface area contributed by atoms with E-state index < -0.39 is 0 Å². The van der Waals surface area contributed by atoms with E-state index in [1.54, 1.807) is 18.2 Å². The van der Waals surface area contributed by atoms with E-state index in [0.29, 0.717) is 18.8 Å². The first-order chi connectivity index (χ1) is 9.21. The van der Waals surface area contributed by atoms with Crippen molar-refractivity contribution in [3.8, 4) is 11.5 Å². The monoisotopic (exact) mass is 263 g/mol. The summed E-state index contributed by atoms with van der Waals surface area (Å²) in [5.41, 5.74) is 0.911. The van der Waals surface area contributed by atoms with Gasteiger partial charge in [0.05, 0.1) is 13.7 Å². The smallest absolute Gasteiger partial charge is 0.191 e.